The molecule has 0 fully saturated rings. The van der Waals surface area contributed by atoms with Gasteiger partial charge in [-0.1, -0.05) is 18.2 Å². The fraction of sp³-hybridized carbons (Fsp3) is 0.190. The number of benzene rings is 2. The highest BCUT2D eigenvalue weighted by Crippen LogP contribution is 2.30. The van der Waals surface area contributed by atoms with E-state index in [1.807, 2.05) is 31.2 Å². The summed E-state index contributed by atoms with van der Waals surface area (Å²) in [4.78, 5) is 21.3. The number of hydrogen-bond acceptors (Lipinski definition) is 6. The Kier molecular flexibility index (Phi) is 5.74. The van der Waals surface area contributed by atoms with E-state index in [4.69, 9.17) is 9.47 Å². The van der Waals surface area contributed by atoms with Crippen molar-refractivity contribution < 1.29 is 14.3 Å². The van der Waals surface area contributed by atoms with Gasteiger partial charge in [0.2, 0.25) is 0 Å². The van der Waals surface area contributed by atoms with Crippen molar-refractivity contribution in [2.45, 2.75) is 13.8 Å². The highest BCUT2D eigenvalue weighted by molar-refractivity contribution is 6.03. The van der Waals surface area contributed by atoms with Crippen molar-refractivity contribution in [1.82, 2.24) is 9.97 Å². The number of methoxy groups -OCH3 is 2. The minimum Gasteiger partial charge on any atom is -0.493 e. The number of nitrogens with one attached hydrogen (secondary N) is 2. The maximum Gasteiger partial charge on any atom is 0.274 e. The number of rotatable bonds is 6. The van der Waals surface area contributed by atoms with Crippen LogP contribution < -0.4 is 20.1 Å². The summed E-state index contributed by atoms with van der Waals surface area (Å²) in [5.41, 5.74) is 2.84. The largest absolute Gasteiger partial charge is 0.493 e. The van der Waals surface area contributed by atoms with Gasteiger partial charge in [-0.2, -0.15) is 0 Å². The van der Waals surface area contributed by atoms with E-state index < -0.39 is 0 Å². The third-order valence-corrected chi connectivity index (χ3v) is 4.12. The molecule has 0 saturated heterocycles. The molecule has 7 nitrogen and oxygen atoms in total. The molecule has 0 spiro atoms. The first kappa shape index (κ1) is 19.2. The first-order chi connectivity index (χ1) is 13.5. The second kappa shape index (κ2) is 8.39. The van der Waals surface area contributed by atoms with Gasteiger partial charge in [0.15, 0.2) is 11.5 Å². The summed E-state index contributed by atoms with van der Waals surface area (Å²) < 4.78 is 10.5. The minimum atomic E-state index is -0.342. The number of ether oxygens (including phenoxy) is 2. The summed E-state index contributed by atoms with van der Waals surface area (Å²) in [7, 11) is 3.10. The second-order valence-corrected chi connectivity index (χ2v) is 6.15. The molecule has 3 aromatic rings. The first-order valence-corrected chi connectivity index (χ1v) is 8.72. The molecule has 0 saturated carbocycles. The molecule has 2 aromatic carbocycles. The Morgan fingerprint density at radius 2 is 1.68 bits per heavy atom. The Balaban J connectivity index is 1.82. The molecule has 0 unspecified atom stereocenters. The van der Waals surface area contributed by atoms with Gasteiger partial charge in [-0.3, -0.25) is 4.79 Å². The average Bonchev–Trinajstić information content (AvgIpc) is 2.69. The van der Waals surface area contributed by atoms with E-state index in [-0.39, 0.29) is 11.6 Å². The van der Waals surface area contributed by atoms with Gasteiger partial charge in [0, 0.05) is 23.5 Å². The van der Waals surface area contributed by atoms with E-state index in [2.05, 4.69) is 20.6 Å². The maximum atomic E-state index is 12.7. The first-order valence-electron chi connectivity index (χ1n) is 8.72. The van der Waals surface area contributed by atoms with Gasteiger partial charge in [0.05, 0.1) is 14.2 Å². The lowest BCUT2D eigenvalue weighted by Crippen LogP contribution is -2.15. The number of carbonyl (C=O) groups excluding carboxylic acids is 1. The summed E-state index contributed by atoms with van der Waals surface area (Å²) in [6.07, 6.45) is 0. The number of carbonyl (C=O) groups is 1. The van der Waals surface area contributed by atoms with Crippen molar-refractivity contribution in [3.8, 4) is 11.5 Å². The quantitative estimate of drug-likeness (QED) is 0.671. The molecule has 1 aromatic heterocycles. The Morgan fingerprint density at radius 3 is 2.39 bits per heavy atom. The van der Waals surface area contributed by atoms with Crippen LogP contribution in [0.5, 0.6) is 11.5 Å². The summed E-state index contributed by atoms with van der Waals surface area (Å²) in [5, 5.41) is 6.06. The van der Waals surface area contributed by atoms with Crippen molar-refractivity contribution >= 4 is 23.1 Å². The van der Waals surface area contributed by atoms with Gasteiger partial charge in [0.1, 0.15) is 17.3 Å². The summed E-state index contributed by atoms with van der Waals surface area (Å²) in [5.74, 6) is 1.82. The number of aryl methyl sites for hydroxylation is 2. The fourth-order valence-electron chi connectivity index (χ4n) is 2.71. The predicted molar refractivity (Wildman–Crippen MR) is 109 cm³/mol. The predicted octanol–water partition coefficient (Wildman–Crippen LogP) is 4.11. The van der Waals surface area contributed by atoms with Crippen LogP contribution in [0.2, 0.25) is 0 Å². The van der Waals surface area contributed by atoms with Crippen LogP contribution in [0.4, 0.5) is 17.2 Å². The van der Waals surface area contributed by atoms with Crippen LogP contribution in [0.25, 0.3) is 0 Å². The van der Waals surface area contributed by atoms with E-state index in [1.54, 1.807) is 45.4 Å². The highest BCUT2D eigenvalue weighted by atomic mass is 16.5. The molecule has 0 bridgehead atoms. The van der Waals surface area contributed by atoms with Gasteiger partial charge in [-0.05, 0) is 37.6 Å². The zero-order chi connectivity index (χ0) is 20.1. The number of amides is 1. The number of hydrogen-bond donors (Lipinski definition) is 2. The molecule has 0 aliphatic rings. The summed E-state index contributed by atoms with van der Waals surface area (Å²) in [6.45, 7) is 3.75. The lowest BCUT2D eigenvalue weighted by atomic mass is 10.2. The van der Waals surface area contributed by atoms with Crippen molar-refractivity contribution in [3.05, 3.63) is 65.6 Å². The number of anilines is 3. The molecule has 1 heterocycles. The van der Waals surface area contributed by atoms with Gasteiger partial charge in [0.25, 0.3) is 5.91 Å². The molecule has 0 radical (unpaired) electrons. The molecule has 0 aliphatic heterocycles. The Hall–Kier alpha value is -3.61. The Bertz CT molecular complexity index is 1000. The Labute approximate surface area is 163 Å². The van der Waals surface area contributed by atoms with Crippen molar-refractivity contribution in [3.63, 3.8) is 0 Å². The number of para-hydroxylation sites is 1. The molecular formula is C21H22N4O3. The third-order valence-electron chi connectivity index (χ3n) is 4.12. The van der Waals surface area contributed by atoms with Crippen LogP contribution in [0.15, 0.2) is 48.5 Å². The molecule has 144 valence electrons. The third kappa shape index (κ3) is 4.37. The smallest absolute Gasteiger partial charge is 0.274 e. The molecule has 1 amide bonds. The molecular weight excluding hydrogens is 356 g/mol. The molecule has 28 heavy (non-hydrogen) atoms. The second-order valence-electron chi connectivity index (χ2n) is 6.15. The number of nitrogens with zero attached hydrogens (tertiary/aromatic N) is 2. The lowest BCUT2D eigenvalue weighted by Gasteiger charge is -2.12. The van der Waals surface area contributed by atoms with Crippen LogP contribution in [-0.4, -0.2) is 30.1 Å². The molecule has 0 aliphatic carbocycles. The monoisotopic (exact) mass is 378 g/mol. The van der Waals surface area contributed by atoms with Crippen molar-refractivity contribution in [1.29, 1.82) is 0 Å². The topological polar surface area (TPSA) is 85.4 Å². The van der Waals surface area contributed by atoms with Crippen LogP contribution in [0, 0.1) is 13.8 Å². The van der Waals surface area contributed by atoms with E-state index in [1.165, 1.54) is 0 Å². The fourth-order valence-corrected chi connectivity index (χ4v) is 2.71. The van der Waals surface area contributed by atoms with Gasteiger partial charge in [-0.25, -0.2) is 9.97 Å². The van der Waals surface area contributed by atoms with Gasteiger partial charge >= 0.3 is 0 Å². The van der Waals surface area contributed by atoms with Crippen LogP contribution >= 0.6 is 0 Å². The zero-order valence-electron chi connectivity index (χ0n) is 16.2. The molecule has 3 rings (SSSR count). The molecule has 2 N–H and O–H groups in total. The van der Waals surface area contributed by atoms with Crippen LogP contribution in [0.3, 0.4) is 0 Å². The van der Waals surface area contributed by atoms with Crippen LogP contribution in [-0.2, 0) is 0 Å². The van der Waals surface area contributed by atoms with Crippen molar-refractivity contribution in [2.75, 3.05) is 24.9 Å². The van der Waals surface area contributed by atoms with Gasteiger partial charge in [-0.15, -0.1) is 0 Å². The number of aromatic nitrogens is 2. The van der Waals surface area contributed by atoms with Gasteiger partial charge < -0.3 is 20.1 Å². The minimum absolute atomic E-state index is 0.262. The average molecular weight is 378 g/mol. The van der Waals surface area contributed by atoms with E-state index in [0.717, 1.165) is 11.3 Å². The highest BCUT2D eigenvalue weighted by Gasteiger charge is 2.13. The van der Waals surface area contributed by atoms with Crippen LogP contribution in [0.1, 0.15) is 21.9 Å². The summed E-state index contributed by atoms with van der Waals surface area (Å²) >= 11 is 0. The maximum absolute atomic E-state index is 12.7. The Morgan fingerprint density at radius 1 is 0.929 bits per heavy atom. The normalized spacial score (nSPS) is 10.3. The summed E-state index contributed by atoms with van der Waals surface area (Å²) in [6, 6.07) is 14.6. The van der Waals surface area contributed by atoms with E-state index in [0.29, 0.717) is 28.8 Å². The van der Waals surface area contributed by atoms with E-state index in [9.17, 15) is 4.79 Å². The zero-order valence-corrected chi connectivity index (χ0v) is 16.2. The van der Waals surface area contributed by atoms with Crippen molar-refractivity contribution in [2.24, 2.45) is 0 Å². The standard InChI is InChI=1S/C21H22N4O3/c1-13-7-5-6-8-16(13)25-20-12-17(22-14(2)23-20)21(26)24-15-9-10-18(27-3)19(11-15)28-4/h5-12H,1-4H3,(H,24,26)(H,22,23,25). The molecule has 0 atom stereocenters. The lowest BCUT2D eigenvalue weighted by molar-refractivity contribution is 0.102. The van der Waals surface area contributed by atoms with E-state index >= 15 is 0 Å². The SMILES string of the molecule is COc1ccc(NC(=O)c2cc(Nc3ccccc3C)nc(C)n2)cc1OC. The molecule has 7 heteroatoms.